The van der Waals surface area contributed by atoms with Gasteiger partial charge in [0.2, 0.25) is 0 Å². The lowest BCUT2D eigenvalue weighted by Crippen LogP contribution is -2.29. The minimum absolute atomic E-state index is 0.0242. The average molecular weight is 277 g/mol. The third kappa shape index (κ3) is 3.76. The molecule has 2 rings (SSSR count). The minimum Gasteiger partial charge on any atom is -0.495 e. The molecule has 5 heteroatoms. The lowest BCUT2D eigenvalue weighted by Gasteiger charge is -2.17. The van der Waals surface area contributed by atoms with Crippen LogP contribution in [0.4, 0.5) is 0 Å². The smallest absolute Gasteiger partial charge is 0.142 e. The molecular weight excluding hydrogens is 258 g/mol. The van der Waals surface area contributed by atoms with E-state index in [2.05, 4.69) is 27.9 Å². The van der Waals surface area contributed by atoms with Crippen molar-refractivity contribution in [2.75, 3.05) is 7.11 Å². The molecular formula is C14H19N3OS. The molecule has 2 aromatic rings. The second-order valence-electron chi connectivity index (χ2n) is 4.28. The summed E-state index contributed by atoms with van der Waals surface area (Å²) >= 11 is 1.79. The van der Waals surface area contributed by atoms with Gasteiger partial charge in [-0.25, -0.2) is 0 Å². The Kier molecular flexibility index (Phi) is 5.32. The van der Waals surface area contributed by atoms with Crippen LogP contribution in [0.3, 0.4) is 0 Å². The summed E-state index contributed by atoms with van der Waals surface area (Å²) < 4.78 is 5.32. The summed E-state index contributed by atoms with van der Waals surface area (Å²) in [5.41, 5.74) is 3.71. The summed E-state index contributed by atoms with van der Waals surface area (Å²) in [6.45, 7) is 0. The maximum absolute atomic E-state index is 5.64. The molecule has 0 aromatic carbocycles. The Bertz CT molecular complexity index is 487. The van der Waals surface area contributed by atoms with Crippen molar-refractivity contribution in [3.05, 3.63) is 46.4 Å². The highest BCUT2D eigenvalue weighted by molar-refractivity contribution is 7.09. The van der Waals surface area contributed by atoms with Crippen molar-refractivity contribution in [1.29, 1.82) is 0 Å². The lowest BCUT2D eigenvalue weighted by molar-refractivity contribution is 0.388. The summed E-state index contributed by atoms with van der Waals surface area (Å²) in [5.74, 6) is 6.42. The first-order chi connectivity index (χ1) is 9.35. The molecule has 0 spiro atoms. The molecule has 102 valence electrons. The first-order valence-corrected chi connectivity index (χ1v) is 7.20. The summed E-state index contributed by atoms with van der Waals surface area (Å²) in [5, 5.41) is 2.11. The molecule has 0 aliphatic heterocycles. The molecule has 0 bridgehead atoms. The fourth-order valence-corrected chi connectivity index (χ4v) is 2.82. The Morgan fingerprint density at radius 1 is 1.42 bits per heavy atom. The zero-order valence-corrected chi connectivity index (χ0v) is 11.8. The fourth-order valence-electron chi connectivity index (χ4n) is 2.07. The Balaban J connectivity index is 1.95. The number of thiophene rings is 1. The molecule has 2 aromatic heterocycles. The van der Waals surface area contributed by atoms with Gasteiger partial charge < -0.3 is 4.74 Å². The van der Waals surface area contributed by atoms with Gasteiger partial charge in [0.1, 0.15) is 11.4 Å². The van der Waals surface area contributed by atoms with Crippen LogP contribution >= 0.6 is 11.3 Å². The van der Waals surface area contributed by atoms with Crippen LogP contribution in [0, 0.1) is 0 Å². The van der Waals surface area contributed by atoms with E-state index in [0.29, 0.717) is 0 Å². The Hall–Kier alpha value is -1.43. The number of aryl methyl sites for hydroxylation is 1. The van der Waals surface area contributed by atoms with Gasteiger partial charge in [-0.05, 0) is 42.8 Å². The maximum Gasteiger partial charge on any atom is 0.142 e. The number of hydrogen-bond donors (Lipinski definition) is 2. The molecule has 0 saturated carbocycles. The van der Waals surface area contributed by atoms with Crippen LogP contribution < -0.4 is 16.0 Å². The van der Waals surface area contributed by atoms with Crippen LogP contribution in [0.2, 0.25) is 0 Å². The number of nitrogens with one attached hydrogen (secondary N) is 1. The van der Waals surface area contributed by atoms with Gasteiger partial charge in [0, 0.05) is 11.1 Å². The van der Waals surface area contributed by atoms with Crippen molar-refractivity contribution >= 4 is 11.3 Å². The van der Waals surface area contributed by atoms with E-state index >= 15 is 0 Å². The molecule has 0 aliphatic rings. The number of hydrazine groups is 1. The largest absolute Gasteiger partial charge is 0.495 e. The molecule has 1 atom stereocenters. The van der Waals surface area contributed by atoms with Gasteiger partial charge in [-0.15, -0.1) is 11.3 Å². The SMILES string of the molecule is COc1cccnc1C(CCCc1cccs1)NN. The van der Waals surface area contributed by atoms with Gasteiger partial charge >= 0.3 is 0 Å². The topological polar surface area (TPSA) is 60.2 Å². The van der Waals surface area contributed by atoms with Crippen LogP contribution in [0.25, 0.3) is 0 Å². The zero-order valence-electron chi connectivity index (χ0n) is 11.0. The molecule has 3 N–H and O–H groups in total. The second-order valence-corrected chi connectivity index (χ2v) is 5.31. The monoisotopic (exact) mass is 277 g/mol. The third-order valence-corrected chi connectivity index (χ3v) is 3.98. The Morgan fingerprint density at radius 2 is 2.32 bits per heavy atom. The van der Waals surface area contributed by atoms with Gasteiger partial charge in [0.05, 0.1) is 13.2 Å². The van der Waals surface area contributed by atoms with Gasteiger partial charge in [-0.2, -0.15) is 0 Å². The van der Waals surface area contributed by atoms with E-state index in [1.165, 1.54) is 4.88 Å². The molecule has 0 amide bonds. The standard InChI is InChI=1S/C14H19N3OS/c1-18-13-8-3-9-16-14(13)12(17-15)7-2-5-11-6-4-10-19-11/h3-4,6,8-10,12,17H,2,5,7,15H2,1H3. The van der Waals surface area contributed by atoms with Crippen LogP contribution in [0.15, 0.2) is 35.8 Å². The second kappa shape index (κ2) is 7.23. The first-order valence-electron chi connectivity index (χ1n) is 6.32. The van der Waals surface area contributed by atoms with E-state index in [0.717, 1.165) is 30.7 Å². The molecule has 4 nitrogen and oxygen atoms in total. The molecule has 0 aliphatic carbocycles. The number of hydrogen-bond acceptors (Lipinski definition) is 5. The predicted molar refractivity (Wildman–Crippen MR) is 78.1 cm³/mol. The Morgan fingerprint density at radius 3 is 3.00 bits per heavy atom. The first kappa shape index (κ1) is 14.0. The van der Waals surface area contributed by atoms with Gasteiger partial charge in [0.15, 0.2) is 0 Å². The molecule has 0 saturated heterocycles. The summed E-state index contributed by atoms with van der Waals surface area (Å²) in [7, 11) is 1.65. The van der Waals surface area contributed by atoms with E-state index < -0.39 is 0 Å². The van der Waals surface area contributed by atoms with Crippen LogP contribution in [0.1, 0.15) is 29.5 Å². The van der Waals surface area contributed by atoms with Gasteiger partial charge in [-0.1, -0.05) is 6.07 Å². The van der Waals surface area contributed by atoms with Crippen molar-refractivity contribution in [1.82, 2.24) is 10.4 Å². The number of nitrogens with two attached hydrogens (primary N) is 1. The quantitative estimate of drug-likeness (QED) is 0.603. The molecule has 2 heterocycles. The summed E-state index contributed by atoms with van der Waals surface area (Å²) in [6.07, 6.45) is 4.84. The number of rotatable bonds is 7. The fraction of sp³-hybridized carbons (Fsp3) is 0.357. The highest BCUT2D eigenvalue weighted by atomic mass is 32.1. The van der Waals surface area contributed by atoms with Crippen LogP contribution in [-0.4, -0.2) is 12.1 Å². The van der Waals surface area contributed by atoms with Crippen LogP contribution in [-0.2, 0) is 6.42 Å². The van der Waals surface area contributed by atoms with Crippen molar-refractivity contribution in [2.24, 2.45) is 5.84 Å². The van der Waals surface area contributed by atoms with Crippen molar-refractivity contribution < 1.29 is 4.74 Å². The van der Waals surface area contributed by atoms with E-state index in [-0.39, 0.29) is 6.04 Å². The van der Waals surface area contributed by atoms with Gasteiger partial charge in [-0.3, -0.25) is 16.3 Å². The highest BCUT2D eigenvalue weighted by Crippen LogP contribution is 2.26. The number of methoxy groups -OCH3 is 1. The maximum atomic E-state index is 5.64. The number of aromatic nitrogens is 1. The van der Waals surface area contributed by atoms with E-state index in [1.807, 2.05) is 12.1 Å². The number of pyridine rings is 1. The van der Waals surface area contributed by atoms with E-state index in [4.69, 9.17) is 10.6 Å². The normalized spacial score (nSPS) is 12.3. The molecule has 19 heavy (non-hydrogen) atoms. The minimum atomic E-state index is 0.0242. The third-order valence-electron chi connectivity index (χ3n) is 3.05. The summed E-state index contributed by atoms with van der Waals surface area (Å²) in [6, 6.07) is 8.04. The van der Waals surface area contributed by atoms with Crippen molar-refractivity contribution in [3.63, 3.8) is 0 Å². The van der Waals surface area contributed by atoms with Crippen molar-refractivity contribution in [3.8, 4) is 5.75 Å². The Labute approximate surface area is 117 Å². The van der Waals surface area contributed by atoms with Crippen molar-refractivity contribution in [2.45, 2.75) is 25.3 Å². The lowest BCUT2D eigenvalue weighted by atomic mass is 10.1. The molecule has 0 fully saturated rings. The average Bonchev–Trinajstić information content (AvgIpc) is 2.97. The van der Waals surface area contributed by atoms with E-state index in [9.17, 15) is 0 Å². The molecule has 0 radical (unpaired) electrons. The van der Waals surface area contributed by atoms with Crippen LogP contribution in [0.5, 0.6) is 5.75 Å². The van der Waals surface area contributed by atoms with Gasteiger partial charge in [0.25, 0.3) is 0 Å². The summed E-state index contributed by atoms with van der Waals surface area (Å²) in [4.78, 5) is 5.78. The zero-order chi connectivity index (χ0) is 13.5. The van der Waals surface area contributed by atoms with E-state index in [1.54, 1.807) is 24.6 Å². The number of ether oxygens (including phenoxy) is 1. The predicted octanol–water partition coefficient (Wildman–Crippen LogP) is 2.68. The number of nitrogens with zero attached hydrogens (tertiary/aromatic N) is 1. The molecule has 1 unspecified atom stereocenters. The highest BCUT2D eigenvalue weighted by Gasteiger charge is 2.15.